The molecule has 0 saturated heterocycles. The van der Waals surface area contributed by atoms with Crippen LogP contribution in [0.25, 0.3) is 11.1 Å². The molecule has 3 rings (SSSR count). The van der Waals surface area contributed by atoms with Crippen molar-refractivity contribution in [1.82, 2.24) is 0 Å². The molecule has 0 amide bonds. The van der Waals surface area contributed by atoms with Gasteiger partial charge in [0.2, 0.25) is 0 Å². The van der Waals surface area contributed by atoms with Crippen molar-refractivity contribution in [3.8, 4) is 11.1 Å². The number of nitrogens with zero attached hydrogens (tertiary/aromatic N) is 1. The van der Waals surface area contributed by atoms with Gasteiger partial charge >= 0.3 is 0 Å². The van der Waals surface area contributed by atoms with Gasteiger partial charge in [-0.25, -0.2) is 17.2 Å². The minimum Gasteiger partial charge on any atom is -0.280 e. The van der Waals surface area contributed by atoms with Crippen LogP contribution in [0.2, 0.25) is 0 Å². The van der Waals surface area contributed by atoms with Gasteiger partial charge in [-0.05, 0) is 42.0 Å². The van der Waals surface area contributed by atoms with E-state index in [4.69, 9.17) is 0 Å². The summed E-state index contributed by atoms with van der Waals surface area (Å²) in [5.41, 5.74) is 1.00. The largest absolute Gasteiger partial charge is 0.280 e. The molecule has 3 aromatic rings. The number of hydrogen-bond acceptors (Lipinski definition) is 4. The molecule has 0 aliphatic rings. The van der Waals surface area contributed by atoms with Gasteiger partial charge in [-0.3, -0.25) is 14.8 Å². The van der Waals surface area contributed by atoms with E-state index in [0.717, 1.165) is 12.1 Å². The van der Waals surface area contributed by atoms with Crippen LogP contribution in [-0.2, 0) is 10.0 Å². The maximum Gasteiger partial charge on any atom is 0.277 e. The van der Waals surface area contributed by atoms with Crippen molar-refractivity contribution >= 4 is 21.4 Å². The van der Waals surface area contributed by atoms with Gasteiger partial charge in [-0.2, -0.15) is 0 Å². The first-order valence-corrected chi connectivity index (χ1v) is 9.08. The molecule has 1 N–H and O–H groups in total. The fraction of sp³-hybridized carbons (Fsp3) is 0. The standard InChI is InChI=1S/C18H12F2N2O4S/c19-16-10-9-14(11-17(16)20)27(25,26)21-13-7-5-12(6-8-13)15-3-1-2-4-18(15)22(23)24/h1-11,21H. The van der Waals surface area contributed by atoms with Crippen molar-refractivity contribution in [3.63, 3.8) is 0 Å². The lowest BCUT2D eigenvalue weighted by Crippen LogP contribution is -2.13. The summed E-state index contributed by atoms with van der Waals surface area (Å²) >= 11 is 0. The van der Waals surface area contributed by atoms with E-state index in [9.17, 15) is 27.3 Å². The van der Waals surface area contributed by atoms with E-state index >= 15 is 0 Å². The first-order valence-electron chi connectivity index (χ1n) is 7.60. The number of sulfonamides is 1. The Balaban J connectivity index is 1.88. The summed E-state index contributed by atoms with van der Waals surface area (Å²) in [5.74, 6) is -2.42. The molecule has 0 atom stereocenters. The molecule has 0 bridgehead atoms. The molecule has 3 aromatic carbocycles. The molecule has 0 aliphatic carbocycles. The van der Waals surface area contributed by atoms with Crippen LogP contribution in [0.5, 0.6) is 0 Å². The smallest absolute Gasteiger partial charge is 0.277 e. The summed E-state index contributed by atoms with van der Waals surface area (Å²) in [5, 5.41) is 11.1. The van der Waals surface area contributed by atoms with E-state index in [1.807, 2.05) is 0 Å². The first-order chi connectivity index (χ1) is 12.8. The van der Waals surface area contributed by atoms with Gasteiger partial charge in [0.05, 0.1) is 15.4 Å². The first kappa shape index (κ1) is 18.5. The number of rotatable bonds is 5. The third-order valence-electron chi connectivity index (χ3n) is 3.75. The quantitative estimate of drug-likeness (QED) is 0.518. The van der Waals surface area contributed by atoms with E-state index in [-0.39, 0.29) is 11.4 Å². The van der Waals surface area contributed by atoms with Crippen molar-refractivity contribution in [2.24, 2.45) is 0 Å². The lowest BCUT2D eigenvalue weighted by molar-refractivity contribution is -0.384. The van der Waals surface area contributed by atoms with Crippen LogP contribution >= 0.6 is 0 Å². The molecule has 0 radical (unpaired) electrons. The summed E-state index contributed by atoms with van der Waals surface area (Å²) in [6.45, 7) is 0. The van der Waals surface area contributed by atoms with Crippen molar-refractivity contribution in [2.45, 2.75) is 4.90 Å². The Labute approximate surface area is 153 Å². The van der Waals surface area contributed by atoms with E-state index in [1.165, 1.54) is 30.3 Å². The Morgan fingerprint density at radius 3 is 2.19 bits per heavy atom. The van der Waals surface area contributed by atoms with Crippen LogP contribution in [-0.4, -0.2) is 13.3 Å². The predicted molar refractivity (Wildman–Crippen MR) is 95.7 cm³/mol. The van der Waals surface area contributed by atoms with Gasteiger partial charge < -0.3 is 0 Å². The number of para-hydroxylation sites is 1. The number of benzene rings is 3. The van der Waals surface area contributed by atoms with Gasteiger partial charge in [0.1, 0.15) is 0 Å². The van der Waals surface area contributed by atoms with Gasteiger partial charge in [-0.1, -0.05) is 24.3 Å². The maximum atomic E-state index is 13.3. The average molecular weight is 390 g/mol. The van der Waals surface area contributed by atoms with Crippen molar-refractivity contribution < 1.29 is 22.1 Å². The van der Waals surface area contributed by atoms with Crippen LogP contribution in [0, 0.1) is 21.7 Å². The highest BCUT2D eigenvalue weighted by Gasteiger charge is 2.18. The molecule has 0 unspecified atom stereocenters. The summed E-state index contributed by atoms with van der Waals surface area (Å²) in [4.78, 5) is 10.2. The molecule has 0 saturated carbocycles. The number of hydrogen-bond donors (Lipinski definition) is 1. The van der Waals surface area contributed by atoms with Crippen molar-refractivity contribution in [3.05, 3.63) is 88.5 Å². The van der Waals surface area contributed by atoms with Crippen LogP contribution < -0.4 is 4.72 Å². The third kappa shape index (κ3) is 3.93. The second-order valence-electron chi connectivity index (χ2n) is 5.53. The normalized spacial score (nSPS) is 11.2. The van der Waals surface area contributed by atoms with Crippen LogP contribution in [0.1, 0.15) is 0 Å². The molecule has 0 heterocycles. The fourth-order valence-corrected chi connectivity index (χ4v) is 3.52. The Hall–Kier alpha value is -3.33. The van der Waals surface area contributed by atoms with Crippen molar-refractivity contribution in [2.75, 3.05) is 4.72 Å². The molecule has 0 aliphatic heterocycles. The topological polar surface area (TPSA) is 89.3 Å². The SMILES string of the molecule is O=[N+]([O-])c1ccccc1-c1ccc(NS(=O)(=O)c2ccc(F)c(F)c2)cc1. The number of nitrogens with one attached hydrogen (secondary N) is 1. The Morgan fingerprint density at radius 2 is 1.56 bits per heavy atom. The van der Waals surface area contributed by atoms with Crippen LogP contribution in [0.4, 0.5) is 20.2 Å². The molecule has 0 spiro atoms. The van der Waals surface area contributed by atoms with Gasteiger partial charge in [0.15, 0.2) is 11.6 Å². The molecule has 0 aromatic heterocycles. The Kier molecular flexibility index (Phi) is 4.87. The Bertz CT molecular complexity index is 1120. The van der Waals surface area contributed by atoms with E-state index in [2.05, 4.69) is 4.72 Å². The molecular weight excluding hydrogens is 378 g/mol. The summed E-state index contributed by atoms with van der Waals surface area (Å²) in [6, 6.07) is 14.3. The number of nitro benzene ring substituents is 1. The van der Waals surface area contributed by atoms with Gasteiger partial charge in [-0.15, -0.1) is 0 Å². The highest BCUT2D eigenvalue weighted by Crippen LogP contribution is 2.30. The summed E-state index contributed by atoms with van der Waals surface area (Å²) in [7, 11) is -4.12. The molecule has 6 nitrogen and oxygen atoms in total. The van der Waals surface area contributed by atoms with Gasteiger partial charge in [0, 0.05) is 11.8 Å². The molecule has 138 valence electrons. The Morgan fingerprint density at radius 1 is 0.889 bits per heavy atom. The highest BCUT2D eigenvalue weighted by molar-refractivity contribution is 7.92. The number of nitro groups is 1. The zero-order valence-corrected chi connectivity index (χ0v) is 14.4. The lowest BCUT2D eigenvalue weighted by atomic mass is 10.0. The molecule has 27 heavy (non-hydrogen) atoms. The fourth-order valence-electron chi connectivity index (χ4n) is 2.45. The second-order valence-corrected chi connectivity index (χ2v) is 7.22. The monoisotopic (exact) mass is 390 g/mol. The lowest BCUT2D eigenvalue weighted by Gasteiger charge is -2.09. The van der Waals surface area contributed by atoms with E-state index < -0.39 is 31.5 Å². The minimum absolute atomic E-state index is 0.0763. The van der Waals surface area contributed by atoms with Crippen LogP contribution in [0.3, 0.4) is 0 Å². The maximum absolute atomic E-state index is 13.3. The number of anilines is 1. The molecular formula is C18H12F2N2O4S. The van der Waals surface area contributed by atoms with Crippen LogP contribution in [0.15, 0.2) is 71.6 Å². The average Bonchev–Trinajstić information content (AvgIpc) is 2.64. The zero-order chi connectivity index (χ0) is 19.6. The number of halogens is 2. The zero-order valence-electron chi connectivity index (χ0n) is 13.6. The summed E-state index contributed by atoms with van der Waals surface area (Å²) < 4.78 is 53.0. The summed E-state index contributed by atoms with van der Waals surface area (Å²) in [6.07, 6.45) is 0. The minimum atomic E-state index is -4.12. The van der Waals surface area contributed by atoms with E-state index in [1.54, 1.807) is 18.2 Å². The predicted octanol–water partition coefficient (Wildman–Crippen LogP) is 4.34. The highest BCUT2D eigenvalue weighted by atomic mass is 32.2. The van der Waals surface area contributed by atoms with E-state index in [0.29, 0.717) is 17.2 Å². The molecule has 9 heteroatoms. The van der Waals surface area contributed by atoms with Crippen molar-refractivity contribution in [1.29, 1.82) is 0 Å². The second kappa shape index (κ2) is 7.12. The third-order valence-corrected chi connectivity index (χ3v) is 5.13. The molecule has 0 fully saturated rings. The van der Waals surface area contributed by atoms with Gasteiger partial charge in [0.25, 0.3) is 15.7 Å².